The number of likely N-dealkylation sites (N-methyl/N-ethyl adjacent to an activating group) is 1. The van der Waals surface area contributed by atoms with Crippen LogP contribution in [-0.2, 0) is 10.8 Å². The van der Waals surface area contributed by atoms with Crippen molar-refractivity contribution in [2.24, 2.45) is 0 Å². The quantitative estimate of drug-likeness (QED) is 0.374. The van der Waals surface area contributed by atoms with E-state index in [2.05, 4.69) is 137 Å². The van der Waals surface area contributed by atoms with Crippen molar-refractivity contribution in [1.82, 2.24) is 0 Å². The number of allylic oxidation sites excluding steroid dienone is 7. The fourth-order valence-electron chi connectivity index (χ4n) is 4.71. The highest BCUT2D eigenvalue weighted by Crippen LogP contribution is 2.47. The second kappa shape index (κ2) is 9.75. The van der Waals surface area contributed by atoms with Crippen molar-refractivity contribution in [3.8, 4) is 0 Å². The van der Waals surface area contributed by atoms with Crippen LogP contribution in [0.5, 0.6) is 0 Å². The number of nitrogens with zero attached hydrogens (tertiary/aromatic N) is 1. The third-order valence-electron chi connectivity index (χ3n) is 6.75. The molecule has 2 nitrogen and oxygen atoms in total. The van der Waals surface area contributed by atoms with Crippen molar-refractivity contribution >= 4 is 11.4 Å². The number of quaternary nitrogens is 1. The van der Waals surface area contributed by atoms with Gasteiger partial charge in [0.1, 0.15) is 5.69 Å². The van der Waals surface area contributed by atoms with Gasteiger partial charge >= 0.3 is 0 Å². The molecule has 0 amide bonds. The zero-order valence-electron chi connectivity index (χ0n) is 20.7. The molecule has 1 aliphatic heterocycles. The van der Waals surface area contributed by atoms with Crippen molar-refractivity contribution in [3.05, 3.63) is 108 Å². The molecule has 168 valence electrons. The molecule has 2 aromatic carbocycles. The van der Waals surface area contributed by atoms with Gasteiger partial charge in [-0.3, -0.25) is 0 Å². The van der Waals surface area contributed by atoms with Gasteiger partial charge in [0.2, 0.25) is 0 Å². The van der Waals surface area contributed by atoms with E-state index in [1.807, 2.05) is 0 Å². The SMILES string of the molecule is C=C(/C=C/C=C/C=C1\N(CC)c2ccccc2C1(C)C)C(C)(C)c1ccccc1[NH2+]CC. The smallest absolute Gasteiger partial charge is 0.133 e. The first kappa shape index (κ1) is 23.8. The Labute approximate surface area is 195 Å². The van der Waals surface area contributed by atoms with Crippen molar-refractivity contribution < 1.29 is 5.32 Å². The van der Waals surface area contributed by atoms with Gasteiger partial charge < -0.3 is 10.2 Å². The normalized spacial score (nSPS) is 16.9. The summed E-state index contributed by atoms with van der Waals surface area (Å²) < 4.78 is 0. The van der Waals surface area contributed by atoms with E-state index in [-0.39, 0.29) is 10.8 Å². The summed E-state index contributed by atoms with van der Waals surface area (Å²) >= 11 is 0. The third-order valence-corrected chi connectivity index (χ3v) is 6.75. The molecule has 0 atom stereocenters. The molecule has 0 radical (unpaired) electrons. The summed E-state index contributed by atoms with van der Waals surface area (Å²) in [5.74, 6) is 0. The monoisotopic (exact) mass is 427 g/mol. The molecule has 2 heteroatoms. The van der Waals surface area contributed by atoms with Crippen molar-refractivity contribution in [2.45, 2.75) is 52.4 Å². The van der Waals surface area contributed by atoms with Crippen LogP contribution in [0, 0.1) is 0 Å². The molecule has 1 aliphatic rings. The third kappa shape index (κ3) is 4.52. The average molecular weight is 428 g/mol. The Morgan fingerprint density at radius 2 is 1.69 bits per heavy atom. The second-order valence-electron chi connectivity index (χ2n) is 9.53. The van der Waals surface area contributed by atoms with Crippen LogP contribution in [-0.4, -0.2) is 13.1 Å². The summed E-state index contributed by atoms with van der Waals surface area (Å²) in [4.78, 5) is 2.42. The van der Waals surface area contributed by atoms with Crippen LogP contribution in [0.3, 0.4) is 0 Å². The minimum atomic E-state index is -0.126. The summed E-state index contributed by atoms with van der Waals surface area (Å²) in [5, 5.41) is 2.29. The first-order chi connectivity index (χ1) is 15.2. The van der Waals surface area contributed by atoms with Gasteiger partial charge in [-0.05, 0) is 43.2 Å². The van der Waals surface area contributed by atoms with Crippen molar-refractivity contribution in [2.75, 3.05) is 18.0 Å². The zero-order chi connectivity index (χ0) is 23.4. The molecular formula is C30H39N2+. The van der Waals surface area contributed by atoms with Gasteiger partial charge in [-0.15, -0.1) is 0 Å². The van der Waals surface area contributed by atoms with Gasteiger partial charge in [0.25, 0.3) is 0 Å². The Hall–Kier alpha value is -2.84. The van der Waals surface area contributed by atoms with Crippen LogP contribution in [0.1, 0.15) is 52.7 Å². The second-order valence-corrected chi connectivity index (χ2v) is 9.53. The Kier molecular flexibility index (Phi) is 7.26. The minimum Gasteiger partial charge on any atom is -0.344 e. The predicted octanol–water partition coefficient (Wildman–Crippen LogP) is 6.55. The zero-order valence-corrected chi connectivity index (χ0v) is 20.7. The number of hydrogen-bond acceptors (Lipinski definition) is 1. The molecule has 0 aliphatic carbocycles. The van der Waals surface area contributed by atoms with Gasteiger partial charge in [0.05, 0.1) is 6.54 Å². The molecule has 3 rings (SSSR count). The van der Waals surface area contributed by atoms with E-state index in [0.717, 1.165) is 18.7 Å². The number of benzene rings is 2. The maximum absolute atomic E-state index is 4.40. The van der Waals surface area contributed by atoms with Crippen LogP contribution >= 0.6 is 0 Å². The van der Waals surface area contributed by atoms with E-state index < -0.39 is 0 Å². The molecule has 0 spiro atoms. The standard InChI is InChI=1S/C30H38N2/c1-8-31-26-20-15-13-18-24(26)29(4,5)23(3)17-11-10-12-22-28-30(6,7)25-19-14-16-21-27(25)32(28)9-2/h10-22,31H,3,8-9H2,1-2,4-7H3/p+1/b12-10+,17-11+,28-22-. The summed E-state index contributed by atoms with van der Waals surface area (Å²) in [6.07, 6.45) is 10.8. The van der Waals surface area contributed by atoms with E-state index >= 15 is 0 Å². The first-order valence-corrected chi connectivity index (χ1v) is 11.8. The van der Waals surface area contributed by atoms with Crippen molar-refractivity contribution in [1.29, 1.82) is 0 Å². The molecule has 32 heavy (non-hydrogen) atoms. The van der Waals surface area contributed by atoms with E-state index in [9.17, 15) is 0 Å². The van der Waals surface area contributed by atoms with Gasteiger partial charge in [-0.1, -0.05) is 95.0 Å². The topological polar surface area (TPSA) is 19.9 Å². The van der Waals surface area contributed by atoms with Gasteiger partial charge in [0.15, 0.2) is 0 Å². The molecule has 2 N–H and O–H groups in total. The predicted molar refractivity (Wildman–Crippen MR) is 140 cm³/mol. The molecule has 0 saturated heterocycles. The number of nitrogens with two attached hydrogens (primary N) is 1. The summed E-state index contributed by atoms with van der Waals surface area (Å²) in [7, 11) is 0. The van der Waals surface area contributed by atoms with Crippen LogP contribution in [0.2, 0.25) is 0 Å². The Balaban J connectivity index is 1.77. The lowest BCUT2D eigenvalue weighted by Crippen LogP contribution is -2.77. The molecule has 0 fully saturated rings. The van der Waals surface area contributed by atoms with E-state index in [1.165, 1.54) is 28.2 Å². The average Bonchev–Trinajstić information content (AvgIpc) is 3.00. The van der Waals surface area contributed by atoms with Gasteiger partial charge in [-0.2, -0.15) is 0 Å². The van der Waals surface area contributed by atoms with E-state index in [0.29, 0.717) is 0 Å². The summed E-state index contributed by atoms with van der Waals surface area (Å²) in [6, 6.07) is 17.4. The lowest BCUT2D eigenvalue weighted by Gasteiger charge is -2.27. The van der Waals surface area contributed by atoms with E-state index in [1.54, 1.807) is 0 Å². The van der Waals surface area contributed by atoms with Crippen molar-refractivity contribution in [3.63, 3.8) is 0 Å². The molecule has 0 aromatic heterocycles. The summed E-state index contributed by atoms with van der Waals surface area (Å²) in [5.41, 5.74) is 7.68. The van der Waals surface area contributed by atoms with Gasteiger partial charge in [0, 0.05) is 34.3 Å². The number of fused-ring (bicyclic) bond motifs is 1. The molecule has 1 heterocycles. The lowest BCUT2D eigenvalue weighted by molar-refractivity contribution is -0.568. The maximum atomic E-state index is 4.40. The Morgan fingerprint density at radius 1 is 1.00 bits per heavy atom. The Bertz CT molecular complexity index is 1050. The first-order valence-electron chi connectivity index (χ1n) is 11.8. The number of hydrogen-bond donors (Lipinski definition) is 1. The van der Waals surface area contributed by atoms with Crippen LogP contribution in [0.25, 0.3) is 0 Å². The summed E-state index contributed by atoms with van der Waals surface area (Å²) in [6.45, 7) is 19.9. The van der Waals surface area contributed by atoms with Crippen LogP contribution in [0.4, 0.5) is 11.4 Å². The molecule has 0 saturated carbocycles. The Morgan fingerprint density at radius 3 is 2.41 bits per heavy atom. The molecule has 0 unspecified atom stereocenters. The minimum absolute atomic E-state index is 0.00569. The number of anilines is 1. The van der Waals surface area contributed by atoms with Crippen LogP contribution < -0.4 is 10.2 Å². The highest BCUT2D eigenvalue weighted by atomic mass is 15.2. The number of rotatable bonds is 8. The van der Waals surface area contributed by atoms with E-state index in [4.69, 9.17) is 0 Å². The fourth-order valence-corrected chi connectivity index (χ4v) is 4.71. The molecular weight excluding hydrogens is 388 g/mol. The lowest BCUT2D eigenvalue weighted by atomic mass is 9.77. The molecule has 2 aromatic rings. The number of para-hydroxylation sites is 2. The van der Waals surface area contributed by atoms with Gasteiger partial charge in [-0.25, -0.2) is 0 Å². The highest BCUT2D eigenvalue weighted by molar-refractivity contribution is 5.70. The highest BCUT2D eigenvalue weighted by Gasteiger charge is 2.38. The largest absolute Gasteiger partial charge is 0.344 e. The maximum Gasteiger partial charge on any atom is 0.133 e. The van der Waals surface area contributed by atoms with Crippen LogP contribution in [0.15, 0.2) is 96.8 Å². The fraction of sp³-hybridized carbons (Fsp3) is 0.333. The molecule has 0 bridgehead atoms.